The molecular weight excluding hydrogens is 765 g/mol. The Labute approximate surface area is 355 Å². The van der Waals surface area contributed by atoms with Crippen molar-refractivity contribution in [2.75, 3.05) is 64.3 Å². The summed E-state index contributed by atoms with van der Waals surface area (Å²) in [6, 6.07) is 11.4. The molecule has 0 unspecified atom stereocenters. The molecule has 14 heteroatoms. The van der Waals surface area contributed by atoms with Crippen molar-refractivity contribution in [3.8, 4) is 0 Å². The number of carbonyl (C=O) groups is 4. The predicted octanol–water partition coefficient (Wildman–Crippen LogP) is 7.38. The number of aryl methyl sites for hydroxylation is 1. The van der Waals surface area contributed by atoms with E-state index in [1.807, 2.05) is 42.2 Å². The second-order valence-corrected chi connectivity index (χ2v) is 17.0. The van der Waals surface area contributed by atoms with E-state index < -0.39 is 18.0 Å². The fourth-order valence-electron chi connectivity index (χ4n) is 8.47. The molecule has 0 saturated carbocycles. The zero-order valence-corrected chi connectivity index (χ0v) is 35.5. The van der Waals surface area contributed by atoms with Gasteiger partial charge in [0.2, 0.25) is 0 Å². The number of esters is 1. The minimum absolute atomic E-state index is 0. The lowest BCUT2D eigenvalue weighted by molar-refractivity contribution is -0.144. The highest BCUT2D eigenvalue weighted by Gasteiger charge is 2.35. The SMILES string of the molecule is C.CCCCOC(=O)CCN1CCC(C)CC1.Cc1cc(C[C@@H](OC(=O)N2CCC(N3CCc4ccccc4NC3=O)CC2)C(=O)N2CCC(C)CC2)cc2oc(=O)[nH]c12. The number of nitrogens with zero attached hydrogens (tertiary/aromatic N) is 4. The zero-order valence-electron chi connectivity index (χ0n) is 35.5. The van der Waals surface area contributed by atoms with Crippen molar-refractivity contribution in [1.29, 1.82) is 0 Å². The minimum atomic E-state index is -1.00. The first kappa shape index (κ1) is 46.2. The van der Waals surface area contributed by atoms with Gasteiger partial charge in [-0.2, -0.15) is 0 Å². The number of unbranched alkanes of at least 4 members (excludes halogenated alkanes) is 1. The lowest BCUT2D eigenvalue weighted by Crippen LogP contribution is -2.51. The number of carbonyl (C=O) groups excluding carboxylic acids is 4. The van der Waals surface area contributed by atoms with E-state index in [1.165, 1.54) is 12.8 Å². The van der Waals surface area contributed by atoms with Gasteiger partial charge in [-0.25, -0.2) is 14.4 Å². The topological polar surface area (TPSA) is 158 Å². The molecule has 0 radical (unpaired) electrons. The molecule has 7 rings (SSSR count). The van der Waals surface area contributed by atoms with Crippen LogP contribution in [-0.2, 0) is 31.9 Å². The van der Waals surface area contributed by atoms with Gasteiger partial charge < -0.3 is 38.8 Å². The van der Waals surface area contributed by atoms with Crippen LogP contribution in [0, 0.1) is 18.8 Å². The van der Waals surface area contributed by atoms with Gasteiger partial charge in [0, 0.05) is 57.4 Å². The van der Waals surface area contributed by atoms with Crippen molar-refractivity contribution in [2.24, 2.45) is 11.8 Å². The van der Waals surface area contributed by atoms with E-state index >= 15 is 0 Å². The number of H-pyrrole nitrogens is 1. The summed E-state index contributed by atoms with van der Waals surface area (Å²) < 4.78 is 16.4. The molecule has 5 heterocycles. The number of piperidine rings is 3. The molecule has 1 atom stereocenters. The van der Waals surface area contributed by atoms with E-state index in [0.29, 0.717) is 75.6 Å². The largest absolute Gasteiger partial charge is 0.466 e. The summed E-state index contributed by atoms with van der Waals surface area (Å²) in [7, 11) is 0. The fourth-order valence-corrected chi connectivity index (χ4v) is 8.47. The fraction of sp³-hybridized carbons (Fsp3) is 0.630. The first-order valence-corrected chi connectivity index (χ1v) is 21.9. The molecule has 3 aromatic rings. The van der Waals surface area contributed by atoms with Gasteiger partial charge in [0.05, 0.1) is 18.5 Å². The number of para-hydroxylation sites is 1. The van der Waals surface area contributed by atoms with E-state index in [-0.39, 0.29) is 37.8 Å². The molecule has 1 aromatic heterocycles. The third-order valence-corrected chi connectivity index (χ3v) is 12.4. The van der Waals surface area contributed by atoms with Gasteiger partial charge in [0.15, 0.2) is 11.7 Å². The van der Waals surface area contributed by atoms with Gasteiger partial charge in [0.1, 0.15) is 0 Å². The third kappa shape index (κ3) is 12.6. The molecule has 3 saturated heterocycles. The van der Waals surface area contributed by atoms with Crippen LogP contribution in [0.1, 0.15) is 103 Å². The number of fused-ring (bicyclic) bond motifs is 2. The summed E-state index contributed by atoms with van der Waals surface area (Å²) in [6.07, 6.45) is 7.65. The van der Waals surface area contributed by atoms with Crippen molar-refractivity contribution < 1.29 is 33.1 Å². The Morgan fingerprint density at radius 2 is 1.55 bits per heavy atom. The van der Waals surface area contributed by atoms with Crippen LogP contribution >= 0.6 is 0 Å². The monoisotopic (exact) mass is 833 g/mol. The summed E-state index contributed by atoms with van der Waals surface area (Å²) in [5, 5.41) is 3.03. The number of ether oxygens (including phenoxy) is 2. The molecule has 2 aromatic carbocycles. The average Bonchev–Trinajstić information content (AvgIpc) is 3.53. The lowest BCUT2D eigenvalue weighted by atomic mass is 9.98. The number of rotatable bonds is 11. The molecule has 4 aliphatic rings. The normalized spacial score (nSPS) is 18.7. The van der Waals surface area contributed by atoms with Gasteiger partial charge in [-0.1, -0.05) is 58.9 Å². The maximum Gasteiger partial charge on any atom is 0.417 e. The molecule has 3 fully saturated rings. The van der Waals surface area contributed by atoms with Crippen LogP contribution in [-0.4, -0.2) is 120 Å². The summed E-state index contributed by atoms with van der Waals surface area (Å²) in [5.74, 6) is 0.625. The Bertz CT molecular complexity index is 1940. The molecule has 330 valence electrons. The van der Waals surface area contributed by atoms with Crippen LogP contribution in [0.15, 0.2) is 45.6 Å². The van der Waals surface area contributed by atoms with E-state index in [2.05, 4.69) is 36.0 Å². The third-order valence-electron chi connectivity index (χ3n) is 12.4. The van der Waals surface area contributed by atoms with Crippen molar-refractivity contribution in [2.45, 2.75) is 118 Å². The van der Waals surface area contributed by atoms with Crippen LogP contribution < -0.4 is 11.1 Å². The minimum Gasteiger partial charge on any atom is -0.466 e. The number of hydrogen-bond donors (Lipinski definition) is 2. The molecule has 60 heavy (non-hydrogen) atoms. The number of hydrogen-bond acceptors (Lipinski definition) is 9. The first-order valence-electron chi connectivity index (χ1n) is 21.9. The number of aromatic amines is 1. The van der Waals surface area contributed by atoms with Gasteiger partial charge in [0.25, 0.3) is 5.91 Å². The Morgan fingerprint density at radius 3 is 2.25 bits per heavy atom. The number of amides is 4. The molecule has 14 nitrogen and oxygen atoms in total. The first-order chi connectivity index (χ1) is 28.5. The van der Waals surface area contributed by atoms with Crippen LogP contribution in [0.2, 0.25) is 0 Å². The highest BCUT2D eigenvalue weighted by atomic mass is 16.6. The Balaban J connectivity index is 0.000000340. The summed E-state index contributed by atoms with van der Waals surface area (Å²) >= 11 is 0. The van der Waals surface area contributed by atoms with E-state index in [1.54, 1.807) is 15.9 Å². The molecular formula is C46H68N6O8. The Hall–Kier alpha value is -4.85. The van der Waals surface area contributed by atoms with Crippen molar-refractivity contribution >= 4 is 40.8 Å². The lowest BCUT2D eigenvalue weighted by Gasteiger charge is -2.38. The van der Waals surface area contributed by atoms with Crippen LogP contribution in [0.4, 0.5) is 15.3 Å². The standard InChI is InChI=1S/C32H39N5O6.C13H25NO2.CH4/c1-20-7-12-35(13-8-20)29(38)27(19-22-17-21(2)28-26(18-22)42-31(40)34-28)43-32(41)36-14-10-24(11-15-36)37-16-9-23-5-3-4-6-25(23)33-30(37)39;1-3-4-11-16-13(15)7-10-14-8-5-12(2)6-9-14;/h3-6,17-18,20,24,27H,7-16,19H2,1-2H3,(H,33,39)(H,34,40);12H,3-11H2,1-2H3;1H4/t27-;;/m1../s1. The van der Waals surface area contributed by atoms with Gasteiger partial charge >= 0.3 is 23.8 Å². The van der Waals surface area contributed by atoms with Gasteiger partial charge in [-0.15, -0.1) is 0 Å². The van der Waals surface area contributed by atoms with E-state index in [0.717, 1.165) is 80.0 Å². The highest BCUT2D eigenvalue weighted by molar-refractivity contribution is 5.91. The quantitative estimate of drug-likeness (QED) is 0.149. The molecule has 4 amide bonds. The van der Waals surface area contributed by atoms with Crippen molar-refractivity contribution in [3.63, 3.8) is 0 Å². The van der Waals surface area contributed by atoms with Crippen molar-refractivity contribution in [3.05, 3.63) is 63.6 Å². The smallest absolute Gasteiger partial charge is 0.417 e. The van der Waals surface area contributed by atoms with Gasteiger partial charge in [-0.3, -0.25) is 14.6 Å². The highest BCUT2D eigenvalue weighted by Crippen LogP contribution is 2.26. The Morgan fingerprint density at radius 1 is 0.883 bits per heavy atom. The van der Waals surface area contributed by atoms with E-state index in [9.17, 15) is 24.0 Å². The molecule has 0 aliphatic carbocycles. The number of nitrogens with one attached hydrogen (secondary N) is 2. The summed E-state index contributed by atoms with van der Waals surface area (Å²) in [4.78, 5) is 73.7. The number of oxazole rings is 1. The molecule has 4 aliphatic heterocycles. The Kier molecular flexibility index (Phi) is 17.0. The van der Waals surface area contributed by atoms with E-state index in [4.69, 9.17) is 13.9 Å². The molecule has 2 N–H and O–H groups in total. The van der Waals surface area contributed by atoms with Crippen LogP contribution in [0.5, 0.6) is 0 Å². The van der Waals surface area contributed by atoms with Crippen molar-refractivity contribution in [1.82, 2.24) is 24.6 Å². The summed E-state index contributed by atoms with van der Waals surface area (Å²) in [5.41, 5.74) is 4.55. The van der Waals surface area contributed by atoms with Crippen LogP contribution in [0.3, 0.4) is 0 Å². The number of likely N-dealkylation sites (tertiary alicyclic amines) is 3. The number of urea groups is 1. The summed E-state index contributed by atoms with van der Waals surface area (Å²) in [6.45, 7) is 14.9. The second-order valence-electron chi connectivity index (χ2n) is 17.0. The number of benzene rings is 2. The second kappa shape index (κ2) is 22.1. The predicted molar refractivity (Wildman–Crippen MR) is 233 cm³/mol. The number of aromatic nitrogens is 1. The zero-order chi connectivity index (χ0) is 41.9. The number of anilines is 1. The molecule has 0 bridgehead atoms. The van der Waals surface area contributed by atoms with Gasteiger partial charge in [-0.05, 0) is 112 Å². The average molecular weight is 833 g/mol. The molecule has 0 spiro atoms. The van der Waals surface area contributed by atoms with Crippen LogP contribution in [0.25, 0.3) is 11.1 Å². The maximum atomic E-state index is 13.7. The maximum absolute atomic E-state index is 13.7.